The van der Waals surface area contributed by atoms with Crippen LogP contribution in [0.4, 0.5) is 5.13 Å². The lowest BCUT2D eigenvalue weighted by Crippen LogP contribution is -2.13. The molecule has 5 nitrogen and oxygen atoms in total. The number of nitrogens with one attached hydrogen (secondary N) is 1. The topological polar surface area (TPSA) is 70.7 Å². The summed E-state index contributed by atoms with van der Waals surface area (Å²) in [5, 5.41) is 12.7. The molecule has 0 atom stereocenters. The predicted octanol–water partition coefficient (Wildman–Crippen LogP) is 5.02. The summed E-state index contributed by atoms with van der Waals surface area (Å²) in [7, 11) is 0. The third-order valence-corrected chi connectivity index (χ3v) is 5.62. The van der Waals surface area contributed by atoms with E-state index in [9.17, 15) is 10.1 Å². The van der Waals surface area contributed by atoms with Crippen molar-refractivity contribution in [2.45, 2.75) is 34.6 Å². The first-order valence-corrected chi connectivity index (χ1v) is 9.74. The molecule has 1 N–H and O–H groups in total. The summed E-state index contributed by atoms with van der Waals surface area (Å²) in [5.74, 6) is -0.451. The first-order chi connectivity index (χ1) is 13.3. The normalized spacial score (nSPS) is 11.4. The summed E-state index contributed by atoms with van der Waals surface area (Å²) in [6.45, 7) is 10.1. The van der Waals surface area contributed by atoms with Gasteiger partial charge in [0.25, 0.3) is 5.91 Å². The maximum atomic E-state index is 12.5. The van der Waals surface area contributed by atoms with E-state index in [0.717, 1.165) is 27.5 Å². The Bertz CT molecular complexity index is 1130. The van der Waals surface area contributed by atoms with Crippen molar-refractivity contribution in [2.75, 3.05) is 5.32 Å². The summed E-state index contributed by atoms with van der Waals surface area (Å²) >= 11 is 1.38. The Kier molecular flexibility index (Phi) is 5.48. The van der Waals surface area contributed by atoms with Crippen molar-refractivity contribution in [3.8, 4) is 11.8 Å². The van der Waals surface area contributed by atoms with Gasteiger partial charge in [-0.15, -0.1) is 11.3 Å². The number of carbonyl (C=O) groups is 1. The minimum Gasteiger partial charge on any atom is -0.318 e. The third kappa shape index (κ3) is 3.75. The average molecular weight is 391 g/mol. The molecule has 3 rings (SSSR count). The van der Waals surface area contributed by atoms with E-state index in [2.05, 4.69) is 40.8 Å². The van der Waals surface area contributed by atoms with Crippen molar-refractivity contribution >= 4 is 28.5 Å². The molecule has 0 spiro atoms. The molecule has 0 saturated heterocycles. The summed E-state index contributed by atoms with van der Waals surface area (Å²) in [6, 6.07) is 10.2. The van der Waals surface area contributed by atoms with Crippen LogP contribution in [0.5, 0.6) is 0 Å². The summed E-state index contributed by atoms with van der Waals surface area (Å²) < 4.78 is 2.16. The molecule has 2 aromatic heterocycles. The van der Waals surface area contributed by atoms with E-state index in [1.54, 1.807) is 12.3 Å². The van der Waals surface area contributed by atoms with Crippen LogP contribution in [-0.4, -0.2) is 15.5 Å². The van der Waals surface area contributed by atoms with Gasteiger partial charge in [0.1, 0.15) is 11.6 Å². The van der Waals surface area contributed by atoms with Crippen LogP contribution in [-0.2, 0) is 4.79 Å². The van der Waals surface area contributed by atoms with Crippen molar-refractivity contribution in [2.24, 2.45) is 0 Å². The van der Waals surface area contributed by atoms with Crippen LogP contribution in [0.3, 0.4) is 0 Å². The molecule has 2 heterocycles. The van der Waals surface area contributed by atoms with Gasteiger partial charge in [0.2, 0.25) is 0 Å². The highest BCUT2D eigenvalue weighted by Crippen LogP contribution is 2.26. The minimum absolute atomic E-state index is 0.0501. The van der Waals surface area contributed by atoms with Gasteiger partial charge < -0.3 is 4.57 Å². The van der Waals surface area contributed by atoms with Crippen molar-refractivity contribution in [3.05, 3.63) is 69.0 Å². The highest BCUT2D eigenvalue weighted by Gasteiger charge is 2.16. The van der Waals surface area contributed by atoms with Gasteiger partial charge in [-0.3, -0.25) is 10.1 Å². The number of hydrogen-bond donors (Lipinski definition) is 1. The molecule has 6 heteroatoms. The van der Waals surface area contributed by atoms with E-state index < -0.39 is 5.91 Å². The Labute approximate surface area is 169 Å². The zero-order valence-corrected chi connectivity index (χ0v) is 17.4. The van der Waals surface area contributed by atoms with Gasteiger partial charge in [-0.2, -0.15) is 5.26 Å². The van der Waals surface area contributed by atoms with Gasteiger partial charge in [0, 0.05) is 28.1 Å². The largest absolute Gasteiger partial charge is 0.318 e. The lowest BCUT2D eigenvalue weighted by molar-refractivity contribution is -0.112. The Morgan fingerprint density at radius 3 is 2.64 bits per heavy atom. The molecule has 0 aliphatic carbocycles. The number of rotatable bonds is 4. The number of benzene rings is 1. The van der Waals surface area contributed by atoms with Gasteiger partial charge >= 0.3 is 0 Å². The third-order valence-electron chi connectivity index (χ3n) is 4.79. The van der Waals surface area contributed by atoms with Gasteiger partial charge in [-0.05, 0) is 69.5 Å². The van der Waals surface area contributed by atoms with E-state index in [1.807, 2.05) is 39.0 Å². The molecule has 1 aromatic carbocycles. The first kappa shape index (κ1) is 19.6. The van der Waals surface area contributed by atoms with Crippen LogP contribution in [0.1, 0.15) is 33.0 Å². The first-order valence-electron chi connectivity index (χ1n) is 8.93. The predicted molar refractivity (Wildman–Crippen MR) is 114 cm³/mol. The number of anilines is 1. The Morgan fingerprint density at radius 1 is 1.25 bits per heavy atom. The highest BCUT2D eigenvalue weighted by atomic mass is 32.1. The number of amides is 1. The number of aromatic nitrogens is 2. The molecule has 142 valence electrons. The van der Waals surface area contributed by atoms with E-state index in [0.29, 0.717) is 5.13 Å². The minimum atomic E-state index is -0.451. The van der Waals surface area contributed by atoms with E-state index >= 15 is 0 Å². The molecule has 0 unspecified atom stereocenters. The maximum Gasteiger partial charge on any atom is 0.268 e. The van der Waals surface area contributed by atoms with Gasteiger partial charge in [-0.25, -0.2) is 4.98 Å². The number of thiazole rings is 1. The lowest BCUT2D eigenvalue weighted by Gasteiger charge is -2.14. The second kappa shape index (κ2) is 7.83. The second-order valence-electron chi connectivity index (χ2n) is 6.78. The lowest BCUT2D eigenvalue weighted by atomic mass is 10.1. The zero-order valence-electron chi connectivity index (χ0n) is 16.6. The van der Waals surface area contributed by atoms with Crippen LogP contribution in [0.15, 0.2) is 36.0 Å². The number of nitrogens with zero attached hydrogens (tertiary/aromatic N) is 3. The van der Waals surface area contributed by atoms with Crippen LogP contribution >= 0.6 is 11.3 Å². The molecule has 0 fully saturated rings. The fourth-order valence-corrected chi connectivity index (χ4v) is 3.82. The summed E-state index contributed by atoms with van der Waals surface area (Å²) in [4.78, 5) is 17.6. The van der Waals surface area contributed by atoms with E-state index in [-0.39, 0.29) is 5.57 Å². The van der Waals surface area contributed by atoms with Crippen LogP contribution in [0.25, 0.3) is 11.8 Å². The zero-order chi connectivity index (χ0) is 20.4. The molecular formula is C22H22N4OS. The van der Waals surface area contributed by atoms with Crippen LogP contribution in [0, 0.1) is 45.9 Å². The fraction of sp³-hybridized carbons (Fsp3) is 0.227. The Balaban J connectivity index is 1.98. The van der Waals surface area contributed by atoms with Crippen molar-refractivity contribution in [1.82, 2.24) is 9.55 Å². The average Bonchev–Trinajstić information content (AvgIpc) is 3.18. The highest BCUT2D eigenvalue weighted by molar-refractivity contribution is 7.15. The molecule has 0 saturated carbocycles. The molecular weight excluding hydrogens is 368 g/mol. The molecule has 3 aromatic rings. The molecule has 0 aliphatic heterocycles. The standard InChI is InChI=1S/C22H22N4OS/c1-13-7-6-8-20(16(13)4)26-14(2)9-18(17(26)5)10-19(11-23)21(27)25-22-24-12-15(3)28-22/h6-10,12H,1-5H3,(H,24,25,27)/b19-10-. The van der Waals surface area contributed by atoms with E-state index in [4.69, 9.17) is 0 Å². The molecule has 0 bridgehead atoms. The summed E-state index contributed by atoms with van der Waals surface area (Å²) in [6.07, 6.45) is 3.33. The molecule has 1 amide bonds. The molecule has 0 aliphatic rings. The monoisotopic (exact) mass is 390 g/mol. The summed E-state index contributed by atoms with van der Waals surface area (Å²) in [5.41, 5.74) is 6.46. The fourth-order valence-electron chi connectivity index (χ4n) is 3.16. The van der Waals surface area contributed by atoms with Gasteiger partial charge in [0.15, 0.2) is 5.13 Å². The number of aryl methyl sites for hydroxylation is 3. The van der Waals surface area contributed by atoms with Crippen molar-refractivity contribution < 1.29 is 4.79 Å². The molecule has 28 heavy (non-hydrogen) atoms. The number of hydrogen-bond acceptors (Lipinski definition) is 4. The Morgan fingerprint density at radius 2 is 2.00 bits per heavy atom. The smallest absolute Gasteiger partial charge is 0.268 e. The number of nitriles is 1. The Hall–Kier alpha value is -3.17. The van der Waals surface area contributed by atoms with Gasteiger partial charge in [-0.1, -0.05) is 12.1 Å². The van der Waals surface area contributed by atoms with Crippen molar-refractivity contribution in [3.63, 3.8) is 0 Å². The number of carbonyl (C=O) groups excluding carboxylic acids is 1. The second-order valence-corrected chi connectivity index (χ2v) is 8.02. The SMILES string of the molecule is Cc1cnc(NC(=O)/C(C#N)=C\c2cc(C)n(-c3cccc(C)c3C)c2C)s1. The maximum absolute atomic E-state index is 12.5. The quantitative estimate of drug-likeness (QED) is 0.502. The van der Waals surface area contributed by atoms with E-state index in [1.165, 1.54) is 22.5 Å². The molecule has 0 radical (unpaired) electrons. The van der Waals surface area contributed by atoms with Crippen molar-refractivity contribution in [1.29, 1.82) is 5.26 Å². The van der Waals surface area contributed by atoms with Crippen LogP contribution in [0.2, 0.25) is 0 Å². The van der Waals surface area contributed by atoms with Crippen LogP contribution < -0.4 is 5.32 Å². The van der Waals surface area contributed by atoms with Gasteiger partial charge in [0.05, 0.1) is 0 Å².